The van der Waals surface area contributed by atoms with Crippen molar-refractivity contribution in [2.45, 2.75) is 6.42 Å². The number of thiazole rings is 1. The lowest BCUT2D eigenvalue weighted by molar-refractivity contribution is -0.120. The third-order valence-corrected chi connectivity index (χ3v) is 2.93. The first-order chi connectivity index (χ1) is 9.15. The Hall–Kier alpha value is -2.28. The molecule has 19 heavy (non-hydrogen) atoms. The van der Waals surface area contributed by atoms with Crippen LogP contribution in [0.4, 0.5) is 9.52 Å². The number of rotatable bonds is 4. The molecule has 0 saturated carbocycles. The predicted octanol–water partition coefficient (Wildman–Crippen LogP) is 1.56. The third kappa shape index (κ3) is 3.85. The van der Waals surface area contributed by atoms with E-state index in [9.17, 15) is 9.18 Å². The predicted molar refractivity (Wildman–Crippen MR) is 72.4 cm³/mol. The SMILES string of the molecule is Nc1nc(CC(=O)N/N=C/c2ccccc2F)cs1. The van der Waals surface area contributed by atoms with Crippen molar-refractivity contribution in [1.29, 1.82) is 0 Å². The fourth-order valence-electron chi connectivity index (χ4n) is 1.36. The molecule has 0 unspecified atom stereocenters. The van der Waals surface area contributed by atoms with Gasteiger partial charge in [-0.1, -0.05) is 18.2 Å². The van der Waals surface area contributed by atoms with Gasteiger partial charge < -0.3 is 5.73 Å². The third-order valence-electron chi connectivity index (χ3n) is 2.21. The molecule has 1 amide bonds. The maximum absolute atomic E-state index is 13.2. The zero-order valence-electron chi connectivity index (χ0n) is 9.84. The number of nitrogens with two attached hydrogens (primary N) is 1. The summed E-state index contributed by atoms with van der Waals surface area (Å²) in [5.74, 6) is -0.731. The number of hydrogen-bond donors (Lipinski definition) is 2. The van der Waals surface area contributed by atoms with Gasteiger partial charge in [0.1, 0.15) is 5.82 Å². The second-order valence-electron chi connectivity index (χ2n) is 3.67. The van der Waals surface area contributed by atoms with Crippen LogP contribution >= 0.6 is 11.3 Å². The van der Waals surface area contributed by atoms with E-state index < -0.39 is 5.82 Å². The number of benzene rings is 1. The highest BCUT2D eigenvalue weighted by Crippen LogP contribution is 2.11. The highest BCUT2D eigenvalue weighted by molar-refractivity contribution is 7.13. The van der Waals surface area contributed by atoms with E-state index in [1.165, 1.54) is 23.6 Å². The van der Waals surface area contributed by atoms with Crippen LogP contribution in [0.25, 0.3) is 0 Å². The van der Waals surface area contributed by atoms with Crippen molar-refractivity contribution >= 4 is 28.6 Å². The molecule has 7 heteroatoms. The van der Waals surface area contributed by atoms with Gasteiger partial charge in [-0.25, -0.2) is 14.8 Å². The molecule has 0 aliphatic rings. The molecule has 0 atom stereocenters. The van der Waals surface area contributed by atoms with Crippen LogP contribution in [0.1, 0.15) is 11.3 Å². The number of carbonyl (C=O) groups is 1. The second kappa shape index (κ2) is 6.05. The van der Waals surface area contributed by atoms with Gasteiger partial charge in [-0.15, -0.1) is 11.3 Å². The lowest BCUT2D eigenvalue weighted by atomic mass is 10.2. The quantitative estimate of drug-likeness (QED) is 0.658. The fourth-order valence-corrected chi connectivity index (χ4v) is 1.92. The minimum Gasteiger partial charge on any atom is -0.375 e. The Morgan fingerprint density at radius 2 is 2.32 bits per heavy atom. The van der Waals surface area contributed by atoms with Gasteiger partial charge in [0.2, 0.25) is 5.91 Å². The standard InChI is InChI=1S/C12H11FN4OS/c13-10-4-2-1-3-8(10)6-15-17-11(18)5-9-7-19-12(14)16-9/h1-4,6-7H,5H2,(H2,14,16)(H,17,18)/b15-6+. The van der Waals surface area contributed by atoms with Gasteiger partial charge in [-0.2, -0.15) is 5.10 Å². The first-order valence-corrected chi connectivity index (χ1v) is 6.29. The number of carbonyl (C=O) groups excluding carboxylic acids is 1. The van der Waals surface area contributed by atoms with Crippen LogP contribution in [0.5, 0.6) is 0 Å². The van der Waals surface area contributed by atoms with Gasteiger partial charge in [0.15, 0.2) is 5.13 Å². The topological polar surface area (TPSA) is 80.4 Å². The smallest absolute Gasteiger partial charge is 0.246 e. The van der Waals surface area contributed by atoms with E-state index in [1.54, 1.807) is 23.6 Å². The van der Waals surface area contributed by atoms with Crippen molar-refractivity contribution in [3.63, 3.8) is 0 Å². The first-order valence-electron chi connectivity index (χ1n) is 5.41. The van der Waals surface area contributed by atoms with E-state index in [1.807, 2.05) is 0 Å². The number of hydrazone groups is 1. The Bertz CT molecular complexity index is 611. The van der Waals surface area contributed by atoms with Crippen LogP contribution in [0.2, 0.25) is 0 Å². The molecule has 2 rings (SSSR count). The molecule has 98 valence electrons. The molecule has 1 heterocycles. The Balaban J connectivity index is 1.88. The Morgan fingerprint density at radius 3 is 3.00 bits per heavy atom. The number of aromatic nitrogens is 1. The average Bonchev–Trinajstić information content (AvgIpc) is 2.77. The molecule has 0 bridgehead atoms. The summed E-state index contributed by atoms with van der Waals surface area (Å²) in [5.41, 5.74) is 8.65. The van der Waals surface area contributed by atoms with E-state index in [0.717, 1.165) is 0 Å². The molecule has 0 aliphatic carbocycles. The summed E-state index contributed by atoms with van der Waals surface area (Å²) in [4.78, 5) is 15.5. The molecule has 0 spiro atoms. The van der Waals surface area contributed by atoms with E-state index in [4.69, 9.17) is 5.73 Å². The summed E-state index contributed by atoms with van der Waals surface area (Å²) in [6, 6.07) is 6.15. The summed E-state index contributed by atoms with van der Waals surface area (Å²) in [5, 5.41) is 5.80. The monoisotopic (exact) mass is 278 g/mol. The van der Waals surface area contributed by atoms with Gasteiger partial charge in [-0.3, -0.25) is 4.79 Å². The van der Waals surface area contributed by atoms with Crippen LogP contribution in [-0.4, -0.2) is 17.1 Å². The van der Waals surface area contributed by atoms with Crippen LogP contribution < -0.4 is 11.2 Å². The van der Waals surface area contributed by atoms with Gasteiger partial charge in [-0.05, 0) is 6.07 Å². The number of amides is 1. The second-order valence-corrected chi connectivity index (χ2v) is 4.56. The van der Waals surface area contributed by atoms with Crippen molar-refractivity contribution in [3.8, 4) is 0 Å². The number of hydrogen-bond acceptors (Lipinski definition) is 5. The molecule has 1 aromatic heterocycles. The molecular formula is C12H11FN4OS. The van der Waals surface area contributed by atoms with Crippen LogP contribution in [0, 0.1) is 5.82 Å². The van der Waals surface area contributed by atoms with Crippen LogP contribution in [0.3, 0.4) is 0 Å². The van der Waals surface area contributed by atoms with Gasteiger partial charge in [0, 0.05) is 10.9 Å². The van der Waals surface area contributed by atoms with Crippen molar-refractivity contribution in [2.24, 2.45) is 5.10 Å². The minimum atomic E-state index is -0.396. The number of nitrogens with one attached hydrogen (secondary N) is 1. The molecule has 0 saturated heterocycles. The molecule has 0 fully saturated rings. The lowest BCUT2D eigenvalue weighted by Gasteiger charge is -1.97. The minimum absolute atomic E-state index is 0.0856. The van der Waals surface area contributed by atoms with Crippen molar-refractivity contribution in [2.75, 3.05) is 5.73 Å². The molecule has 3 N–H and O–H groups in total. The van der Waals surface area contributed by atoms with E-state index in [-0.39, 0.29) is 12.3 Å². The van der Waals surface area contributed by atoms with Gasteiger partial charge in [0.05, 0.1) is 18.3 Å². The summed E-state index contributed by atoms with van der Waals surface area (Å²) in [7, 11) is 0. The van der Waals surface area contributed by atoms with E-state index >= 15 is 0 Å². The number of halogens is 1. The lowest BCUT2D eigenvalue weighted by Crippen LogP contribution is -2.20. The first kappa shape index (κ1) is 13.2. The Kier molecular flexibility index (Phi) is 4.19. The van der Waals surface area contributed by atoms with Gasteiger partial charge in [0.25, 0.3) is 0 Å². The normalized spacial score (nSPS) is 10.8. The average molecular weight is 278 g/mol. The summed E-state index contributed by atoms with van der Waals surface area (Å²) in [6.07, 6.45) is 1.34. The largest absolute Gasteiger partial charge is 0.375 e. The molecule has 1 aromatic carbocycles. The Labute approximate surface area is 113 Å². The molecule has 2 aromatic rings. The number of anilines is 1. The van der Waals surface area contributed by atoms with Crippen molar-refractivity contribution in [1.82, 2.24) is 10.4 Å². The fraction of sp³-hybridized carbons (Fsp3) is 0.0833. The van der Waals surface area contributed by atoms with Crippen LogP contribution in [0.15, 0.2) is 34.7 Å². The summed E-state index contributed by atoms with van der Waals surface area (Å²) >= 11 is 1.27. The number of nitrogens with zero attached hydrogens (tertiary/aromatic N) is 2. The summed E-state index contributed by atoms with van der Waals surface area (Å²) in [6.45, 7) is 0. The zero-order valence-corrected chi connectivity index (χ0v) is 10.7. The maximum Gasteiger partial charge on any atom is 0.246 e. The van der Waals surface area contributed by atoms with Crippen LogP contribution in [-0.2, 0) is 11.2 Å². The highest BCUT2D eigenvalue weighted by Gasteiger charge is 2.05. The molecular weight excluding hydrogens is 267 g/mol. The molecule has 0 aliphatic heterocycles. The maximum atomic E-state index is 13.2. The molecule has 5 nitrogen and oxygen atoms in total. The van der Waals surface area contributed by atoms with E-state index in [0.29, 0.717) is 16.4 Å². The molecule has 0 radical (unpaired) electrons. The van der Waals surface area contributed by atoms with Gasteiger partial charge >= 0.3 is 0 Å². The highest BCUT2D eigenvalue weighted by atomic mass is 32.1. The van der Waals surface area contributed by atoms with E-state index in [2.05, 4.69) is 15.5 Å². The number of nitrogen functional groups attached to an aromatic ring is 1. The summed E-state index contributed by atoms with van der Waals surface area (Å²) < 4.78 is 13.2. The Morgan fingerprint density at radius 1 is 1.53 bits per heavy atom. The zero-order chi connectivity index (χ0) is 13.7. The van der Waals surface area contributed by atoms with Crippen molar-refractivity contribution in [3.05, 3.63) is 46.7 Å². The van der Waals surface area contributed by atoms with Crippen molar-refractivity contribution < 1.29 is 9.18 Å².